The van der Waals surface area contributed by atoms with Gasteiger partial charge in [0.1, 0.15) is 25.1 Å². The van der Waals surface area contributed by atoms with Crippen LogP contribution in [-0.4, -0.2) is 56.0 Å². The summed E-state index contributed by atoms with van der Waals surface area (Å²) in [4.78, 5) is 24.7. The van der Waals surface area contributed by atoms with E-state index in [0.717, 1.165) is 6.20 Å². The fourth-order valence-corrected chi connectivity index (χ4v) is 2.06. The average molecular weight is 300 g/mol. The van der Waals surface area contributed by atoms with Crippen LogP contribution >= 0.6 is 0 Å². The fraction of sp³-hybridized carbons (Fsp3) is 0.545. The van der Waals surface area contributed by atoms with Crippen molar-refractivity contribution in [1.29, 1.82) is 0 Å². The first-order chi connectivity index (χ1) is 9.93. The Morgan fingerprint density at radius 1 is 1.62 bits per heavy atom. The molecule has 2 rings (SSSR count). The zero-order valence-corrected chi connectivity index (χ0v) is 10.7. The Hall–Kier alpha value is -2.06. The van der Waals surface area contributed by atoms with Crippen LogP contribution in [0, 0.1) is 11.8 Å². The molecule has 0 bridgehead atoms. The number of ether oxygens (including phenoxy) is 1. The van der Waals surface area contributed by atoms with Gasteiger partial charge in [0.05, 0.1) is 6.61 Å². The molecule has 2 heterocycles. The summed E-state index contributed by atoms with van der Waals surface area (Å²) in [5.41, 5.74) is 2.39. The van der Waals surface area contributed by atoms with Crippen LogP contribution in [0.2, 0.25) is 0 Å². The monoisotopic (exact) mass is 300 g/mol. The van der Waals surface area contributed by atoms with E-state index >= 15 is 0 Å². The molecule has 1 aliphatic rings. The first-order valence-electron chi connectivity index (χ1n) is 5.91. The van der Waals surface area contributed by atoms with Crippen LogP contribution in [0.1, 0.15) is 6.23 Å². The van der Waals surface area contributed by atoms with Crippen LogP contribution in [0.4, 0.5) is 4.39 Å². The number of aromatic nitrogens is 3. The second-order valence-electron chi connectivity index (χ2n) is 4.41. The highest BCUT2D eigenvalue weighted by Gasteiger charge is 2.54. The fourth-order valence-electron chi connectivity index (χ4n) is 2.06. The largest absolute Gasteiger partial charge is 0.394 e. The van der Waals surface area contributed by atoms with Crippen LogP contribution in [0.25, 0.3) is 0 Å². The Morgan fingerprint density at radius 2 is 2.33 bits per heavy atom. The molecule has 4 atom stereocenters. The van der Waals surface area contributed by atoms with Crippen molar-refractivity contribution in [3.63, 3.8) is 0 Å². The van der Waals surface area contributed by atoms with Crippen molar-refractivity contribution in [3.05, 3.63) is 27.0 Å². The highest BCUT2D eigenvalue weighted by Crippen LogP contribution is 2.34. The number of H-pyrrole nitrogens is 1. The molecule has 1 aromatic rings. The van der Waals surface area contributed by atoms with Gasteiger partial charge in [-0.2, -0.15) is 9.78 Å². The number of aromatic amines is 1. The molecule has 1 aromatic heterocycles. The average Bonchev–Trinajstić information content (AvgIpc) is 2.70. The number of aliphatic hydroxyl groups excluding tert-OH is 2. The van der Waals surface area contributed by atoms with Gasteiger partial charge in [0.25, 0.3) is 5.56 Å². The lowest BCUT2D eigenvalue weighted by molar-refractivity contribution is -0.0530. The molecule has 9 nitrogen and oxygen atoms in total. The lowest BCUT2D eigenvalue weighted by Crippen LogP contribution is -2.55. The van der Waals surface area contributed by atoms with Crippen molar-refractivity contribution in [2.24, 2.45) is 5.73 Å². The van der Waals surface area contributed by atoms with Crippen molar-refractivity contribution < 1.29 is 19.3 Å². The van der Waals surface area contributed by atoms with Crippen molar-refractivity contribution in [3.8, 4) is 11.8 Å². The maximum atomic E-state index is 12.3. The second kappa shape index (κ2) is 5.74. The van der Waals surface area contributed by atoms with Gasteiger partial charge in [0.2, 0.25) is 0 Å². The molecule has 0 amide bonds. The molecule has 1 saturated heterocycles. The zero-order chi connectivity index (χ0) is 15.6. The number of rotatable bonds is 2. The minimum absolute atomic E-state index is 0.591. The summed E-state index contributed by atoms with van der Waals surface area (Å²) in [5, 5.41) is 22.8. The summed E-state index contributed by atoms with van der Waals surface area (Å²) in [6, 6.07) is 0. The number of nitrogens with one attached hydrogen (secondary N) is 1. The number of nitrogens with two attached hydrogens (primary N) is 1. The minimum Gasteiger partial charge on any atom is -0.394 e. The summed E-state index contributed by atoms with van der Waals surface area (Å²) in [7, 11) is 0. The first-order valence-corrected chi connectivity index (χ1v) is 5.91. The summed E-state index contributed by atoms with van der Waals surface area (Å²) in [5.74, 6) is 4.35. The minimum atomic E-state index is -1.87. The van der Waals surface area contributed by atoms with Crippen LogP contribution in [0.5, 0.6) is 0 Å². The Kier molecular flexibility index (Phi) is 4.19. The molecule has 1 aliphatic heterocycles. The highest BCUT2D eigenvalue weighted by atomic mass is 19.1. The number of alkyl halides is 1. The molecule has 10 heteroatoms. The van der Waals surface area contributed by atoms with Crippen LogP contribution in [0.15, 0.2) is 15.8 Å². The van der Waals surface area contributed by atoms with E-state index in [4.69, 9.17) is 15.6 Å². The Morgan fingerprint density at radius 3 is 2.90 bits per heavy atom. The van der Waals surface area contributed by atoms with Crippen molar-refractivity contribution in [2.45, 2.75) is 24.0 Å². The molecule has 0 saturated carbocycles. The van der Waals surface area contributed by atoms with Crippen molar-refractivity contribution in [1.82, 2.24) is 14.8 Å². The third-order valence-corrected chi connectivity index (χ3v) is 3.07. The molecule has 21 heavy (non-hydrogen) atoms. The highest BCUT2D eigenvalue weighted by molar-refractivity contribution is 5.25. The molecular weight excluding hydrogens is 287 g/mol. The van der Waals surface area contributed by atoms with Crippen LogP contribution in [0.3, 0.4) is 0 Å². The van der Waals surface area contributed by atoms with E-state index in [0.29, 0.717) is 4.68 Å². The topological polar surface area (TPSA) is 143 Å². The van der Waals surface area contributed by atoms with E-state index in [1.165, 1.54) is 0 Å². The van der Waals surface area contributed by atoms with Gasteiger partial charge < -0.3 is 20.7 Å². The molecule has 0 spiro atoms. The maximum absolute atomic E-state index is 12.3. The molecule has 5 N–H and O–H groups in total. The van der Waals surface area contributed by atoms with E-state index in [-0.39, 0.29) is 0 Å². The number of aliphatic hydroxyl groups is 2. The molecule has 0 radical (unpaired) electrons. The Bertz CT molecular complexity index is 692. The summed E-state index contributed by atoms with van der Waals surface area (Å²) < 4.78 is 18.2. The molecule has 0 aliphatic carbocycles. The molecule has 1 unspecified atom stereocenters. The van der Waals surface area contributed by atoms with Gasteiger partial charge >= 0.3 is 5.69 Å². The third kappa shape index (κ3) is 2.59. The molecular formula is C11H13FN4O5. The van der Waals surface area contributed by atoms with E-state index in [1.54, 1.807) is 0 Å². The predicted octanol–water partition coefficient (Wildman–Crippen LogP) is -3.15. The summed E-state index contributed by atoms with van der Waals surface area (Å²) in [6.07, 6.45) is -3.19. The Labute approximate surface area is 117 Å². The number of hydrogen-bond donors (Lipinski definition) is 4. The number of hydrogen-bond acceptors (Lipinski definition) is 7. The third-order valence-electron chi connectivity index (χ3n) is 3.07. The van der Waals surface area contributed by atoms with Crippen molar-refractivity contribution in [2.75, 3.05) is 13.3 Å². The smallest absolute Gasteiger partial charge is 0.347 e. The molecule has 1 fully saturated rings. The lowest BCUT2D eigenvalue weighted by Gasteiger charge is -2.26. The molecule has 114 valence electrons. The summed E-state index contributed by atoms with van der Waals surface area (Å²) in [6.45, 7) is -1.61. The van der Waals surface area contributed by atoms with E-state index in [9.17, 15) is 19.1 Å². The zero-order valence-electron chi connectivity index (χ0n) is 10.7. The maximum Gasteiger partial charge on any atom is 0.347 e. The predicted molar refractivity (Wildman–Crippen MR) is 66.8 cm³/mol. The standard InChI is InChI=1S/C11H13FN4O5/c12-3-1-2-11(13)8(19)6(5-17)21-9(11)16-10(20)15-7(18)4-14-16/h4,6,8-9,17,19H,3,5,13H2,(H,15,18,20)/t6-,8+,9-,11?/m1/s1. The van der Waals surface area contributed by atoms with Crippen LogP contribution in [-0.2, 0) is 4.74 Å². The van der Waals surface area contributed by atoms with Crippen molar-refractivity contribution >= 4 is 0 Å². The van der Waals surface area contributed by atoms with E-state index < -0.39 is 48.5 Å². The van der Waals surface area contributed by atoms with Gasteiger partial charge in [-0.1, -0.05) is 11.8 Å². The van der Waals surface area contributed by atoms with Crippen LogP contribution < -0.4 is 17.0 Å². The Balaban J connectivity index is 2.53. The second-order valence-corrected chi connectivity index (χ2v) is 4.41. The number of nitrogens with zero attached hydrogens (tertiary/aromatic N) is 2. The van der Waals surface area contributed by atoms with Gasteiger partial charge in [-0.3, -0.25) is 9.78 Å². The summed E-state index contributed by atoms with van der Waals surface area (Å²) >= 11 is 0. The van der Waals surface area contributed by atoms with Gasteiger partial charge in [0, 0.05) is 0 Å². The lowest BCUT2D eigenvalue weighted by atomic mass is 9.92. The van der Waals surface area contributed by atoms with Gasteiger partial charge in [-0.25, -0.2) is 9.18 Å². The first kappa shape index (κ1) is 15.3. The normalized spacial score (nSPS) is 31.7. The van der Waals surface area contributed by atoms with Gasteiger partial charge in [-0.15, -0.1) is 0 Å². The molecule has 0 aromatic carbocycles. The van der Waals surface area contributed by atoms with E-state index in [2.05, 4.69) is 16.9 Å². The van der Waals surface area contributed by atoms with Gasteiger partial charge in [0.15, 0.2) is 11.8 Å². The van der Waals surface area contributed by atoms with E-state index in [1.807, 2.05) is 4.98 Å². The quantitative estimate of drug-likeness (QED) is 0.422. The number of halogens is 1. The van der Waals surface area contributed by atoms with Gasteiger partial charge in [-0.05, 0) is 0 Å². The SMILES string of the molecule is NC1(C#CCF)[C@@H](O)[C@@H](CO)O[C@H]1n1ncc(=O)[nH]c1=O.